The Morgan fingerprint density at radius 2 is 1.60 bits per heavy atom. The van der Waals surface area contributed by atoms with Crippen molar-refractivity contribution in [2.75, 3.05) is 21.2 Å². The van der Waals surface area contributed by atoms with Gasteiger partial charge < -0.3 is 58.1 Å². The monoisotopic (exact) mass is 715 g/mol. The van der Waals surface area contributed by atoms with Gasteiger partial charge in [-0.15, -0.1) is 0 Å². The highest BCUT2D eigenvalue weighted by Gasteiger charge is 2.70. The molecule has 6 aliphatic rings. The number of carbonyl (C=O) groups is 1. The van der Waals surface area contributed by atoms with Gasteiger partial charge in [0, 0.05) is 25.5 Å². The number of carbonyl (C=O) groups excluding carboxylic acids is 1. The molecule has 6 fully saturated rings. The van der Waals surface area contributed by atoms with E-state index in [2.05, 4.69) is 6.92 Å². The minimum absolute atomic E-state index is 0.0538. The topological polar surface area (TPSA) is 155 Å². The average Bonchev–Trinajstić information content (AvgIpc) is 3.38. The maximum absolute atomic E-state index is 14.2. The molecule has 13 nitrogen and oxygen atoms in total. The zero-order chi connectivity index (χ0) is 37.3. The summed E-state index contributed by atoms with van der Waals surface area (Å²) in [6, 6.07) is -0.213. The van der Waals surface area contributed by atoms with E-state index in [1.807, 2.05) is 60.5 Å². The van der Waals surface area contributed by atoms with Gasteiger partial charge in [0.15, 0.2) is 12.6 Å². The summed E-state index contributed by atoms with van der Waals surface area (Å²) in [5.74, 6) is -1.97. The fourth-order valence-electron chi connectivity index (χ4n) is 9.87. The number of fused-ring (bicyclic) bond motifs is 6. The maximum Gasteiger partial charge on any atom is 0.311 e. The second kappa shape index (κ2) is 14.4. The molecule has 0 unspecified atom stereocenters. The summed E-state index contributed by atoms with van der Waals surface area (Å²) < 4.78 is 51.8. The minimum atomic E-state index is -1.15. The fraction of sp³-hybridized carbons (Fsp3) is 0.973. The molecule has 19 atom stereocenters. The quantitative estimate of drug-likeness (QED) is 0.332. The lowest BCUT2D eigenvalue weighted by molar-refractivity contribution is -0.391. The van der Waals surface area contributed by atoms with Crippen LogP contribution >= 0.6 is 0 Å². The summed E-state index contributed by atoms with van der Waals surface area (Å²) in [5, 5.41) is 34.4. The number of ether oxygens (including phenoxy) is 8. The Labute approximate surface area is 298 Å². The molecule has 13 heteroatoms. The third-order valence-electron chi connectivity index (χ3n) is 12.8. The van der Waals surface area contributed by atoms with Gasteiger partial charge >= 0.3 is 5.97 Å². The highest BCUT2D eigenvalue weighted by molar-refractivity contribution is 5.73. The van der Waals surface area contributed by atoms with Crippen molar-refractivity contribution in [1.29, 1.82) is 0 Å². The predicted octanol–water partition coefficient (Wildman–Crippen LogP) is 2.78. The molecule has 6 saturated heterocycles. The predicted molar refractivity (Wildman–Crippen MR) is 182 cm³/mol. The number of hydrogen-bond acceptors (Lipinski definition) is 13. The van der Waals surface area contributed by atoms with Crippen molar-refractivity contribution in [3.63, 3.8) is 0 Å². The lowest BCUT2D eigenvalue weighted by Gasteiger charge is -2.61. The van der Waals surface area contributed by atoms with Crippen LogP contribution in [0.25, 0.3) is 0 Å². The van der Waals surface area contributed by atoms with Crippen LogP contribution in [0.4, 0.5) is 0 Å². The van der Waals surface area contributed by atoms with Crippen LogP contribution in [0.15, 0.2) is 0 Å². The van der Waals surface area contributed by atoms with Crippen LogP contribution in [0, 0.1) is 17.8 Å². The molecule has 6 heterocycles. The second-order valence-corrected chi connectivity index (χ2v) is 17.1. The van der Waals surface area contributed by atoms with Crippen molar-refractivity contribution in [2.24, 2.45) is 17.8 Å². The molecule has 6 rings (SSSR count). The van der Waals surface area contributed by atoms with Gasteiger partial charge in [0.2, 0.25) is 0 Å². The van der Waals surface area contributed by atoms with Gasteiger partial charge in [-0.05, 0) is 87.7 Å². The summed E-state index contributed by atoms with van der Waals surface area (Å²) in [7, 11) is 5.39. The molecule has 0 amide bonds. The molecule has 0 radical (unpaired) electrons. The molecular formula is C37H65NO12. The Morgan fingerprint density at radius 1 is 0.940 bits per heavy atom. The first-order valence-corrected chi connectivity index (χ1v) is 18.6. The van der Waals surface area contributed by atoms with Crippen LogP contribution in [0.1, 0.15) is 94.9 Å². The van der Waals surface area contributed by atoms with Crippen molar-refractivity contribution in [3.8, 4) is 0 Å². The normalized spacial score (nSPS) is 54.7. The highest BCUT2D eigenvalue weighted by atomic mass is 16.7. The van der Waals surface area contributed by atoms with Crippen LogP contribution in [0.2, 0.25) is 0 Å². The lowest BCUT2D eigenvalue weighted by Crippen LogP contribution is -2.78. The van der Waals surface area contributed by atoms with Crippen LogP contribution < -0.4 is 0 Å². The molecule has 50 heavy (non-hydrogen) atoms. The SMILES string of the molecule is CC[C@@H]1OC(=O)[C@H](C)[C@H](O[C@@H]2C[C@](C)(OC)[C@H](O)[C@H](C)O2)[C@H](C)[C@H](O[C@@H]2O[C@H](C)C[C@H](N(C)C)[C@@H]2O)[C@@]2(C)C[C@H](C)[C@@H](O2)[C@@]2(C)O[C@@]1(C)[C@@H]2O. The molecule has 0 spiro atoms. The zero-order valence-corrected chi connectivity index (χ0v) is 32.5. The third kappa shape index (κ3) is 6.80. The number of aliphatic hydroxyl groups excluding tert-OH is 3. The number of likely N-dealkylation sites (N-methyl/N-ethyl adjacent to an activating group) is 1. The van der Waals surface area contributed by atoms with E-state index in [4.69, 9.17) is 37.9 Å². The van der Waals surface area contributed by atoms with E-state index in [-0.39, 0.29) is 24.5 Å². The third-order valence-corrected chi connectivity index (χ3v) is 12.8. The number of nitrogens with zero attached hydrogens (tertiary/aromatic N) is 1. The maximum atomic E-state index is 14.2. The van der Waals surface area contributed by atoms with Gasteiger partial charge in [-0.2, -0.15) is 0 Å². The Balaban J connectivity index is 1.59. The molecule has 0 aromatic heterocycles. The summed E-state index contributed by atoms with van der Waals surface area (Å²) in [5.41, 5.74) is -4.16. The molecule has 0 aromatic carbocycles. The highest BCUT2D eigenvalue weighted by Crippen LogP contribution is 2.55. The van der Waals surface area contributed by atoms with E-state index in [9.17, 15) is 20.1 Å². The van der Waals surface area contributed by atoms with E-state index in [0.29, 0.717) is 19.3 Å². The van der Waals surface area contributed by atoms with Crippen molar-refractivity contribution >= 4 is 5.97 Å². The van der Waals surface area contributed by atoms with Crippen molar-refractivity contribution < 1.29 is 58.0 Å². The first-order valence-electron chi connectivity index (χ1n) is 18.6. The summed E-state index contributed by atoms with van der Waals surface area (Å²) >= 11 is 0. The van der Waals surface area contributed by atoms with Crippen molar-refractivity contribution in [1.82, 2.24) is 4.90 Å². The number of methoxy groups -OCH3 is 1. The minimum Gasteiger partial charge on any atom is -0.459 e. The second-order valence-electron chi connectivity index (χ2n) is 17.1. The Morgan fingerprint density at radius 3 is 2.18 bits per heavy atom. The summed E-state index contributed by atoms with van der Waals surface area (Å²) in [6.45, 7) is 18.8. The van der Waals surface area contributed by atoms with Gasteiger partial charge in [-0.3, -0.25) is 4.79 Å². The van der Waals surface area contributed by atoms with Gasteiger partial charge in [-0.25, -0.2) is 0 Å². The van der Waals surface area contributed by atoms with Gasteiger partial charge in [0.25, 0.3) is 0 Å². The van der Waals surface area contributed by atoms with Crippen molar-refractivity contribution in [2.45, 2.75) is 191 Å². The first-order chi connectivity index (χ1) is 23.2. The molecule has 0 aliphatic carbocycles. The molecule has 3 N–H and O–H groups in total. The van der Waals surface area contributed by atoms with E-state index < -0.39 is 102 Å². The van der Waals surface area contributed by atoms with Gasteiger partial charge in [0.05, 0.1) is 47.6 Å². The molecule has 6 aliphatic heterocycles. The van der Waals surface area contributed by atoms with Crippen molar-refractivity contribution in [3.05, 3.63) is 0 Å². The number of hydrogen-bond donors (Lipinski definition) is 3. The standard InChI is InChI=1S/C37H65NO12/c1-14-24-36(9)33(42)37(10,50-36)29-18(2)16-35(8,49-29)30(48-32-26(39)23(38(11)12)15-19(3)44-32)20(4)27(21(5)31(41)46-24)47-25-17-34(7,43-13)28(40)22(6)45-25/h18-30,32-33,39-40,42H,14-17H2,1-13H3/t18-,19+,20-,21+,22-,23-,24-,25+,26-,27+,28+,29+,30-,32-,33-,34-,35+,36+,37+/m0/s1. The smallest absolute Gasteiger partial charge is 0.311 e. The van der Waals surface area contributed by atoms with Crippen LogP contribution in [-0.4, -0.2) is 143 Å². The zero-order valence-electron chi connectivity index (χ0n) is 32.5. The number of rotatable bonds is 7. The number of aliphatic hydroxyl groups is 3. The van der Waals surface area contributed by atoms with E-state index in [0.717, 1.165) is 0 Å². The summed E-state index contributed by atoms with van der Waals surface area (Å²) in [4.78, 5) is 16.2. The molecule has 0 saturated carbocycles. The van der Waals surface area contributed by atoms with Gasteiger partial charge in [-0.1, -0.05) is 20.8 Å². The fourth-order valence-corrected chi connectivity index (χ4v) is 9.87. The van der Waals surface area contributed by atoms with Crippen LogP contribution in [-0.2, 0) is 42.7 Å². The Bertz CT molecular complexity index is 1210. The van der Waals surface area contributed by atoms with E-state index >= 15 is 0 Å². The largest absolute Gasteiger partial charge is 0.459 e. The lowest BCUT2D eigenvalue weighted by atomic mass is 9.69. The molecule has 4 bridgehead atoms. The average molecular weight is 716 g/mol. The molecule has 290 valence electrons. The Hall–Kier alpha value is -0.970. The van der Waals surface area contributed by atoms with Crippen LogP contribution in [0.5, 0.6) is 0 Å². The van der Waals surface area contributed by atoms with Gasteiger partial charge in [0.1, 0.15) is 35.6 Å². The van der Waals surface area contributed by atoms with E-state index in [1.54, 1.807) is 27.9 Å². The number of esters is 1. The first kappa shape index (κ1) is 40.2. The molecule has 0 aromatic rings. The summed E-state index contributed by atoms with van der Waals surface area (Å²) in [6.07, 6.45) is -6.57. The Kier molecular flexibility index (Phi) is 11.5. The van der Waals surface area contributed by atoms with E-state index in [1.165, 1.54) is 0 Å². The van der Waals surface area contributed by atoms with Crippen LogP contribution in [0.3, 0.4) is 0 Å². The molecular weight excluding hydrogens is 650 g/mol.